The Bertz CT molecular complexity index is 921. The molecule has 0 aromatic heterocycles. The molecule has 0 aliphatic carbocycles. The van der Waals surface area contributed by atoms with Crippen LogP contribution in [0.25, 0.3) is 10.8 Å². The van der Waals surface area contributed by atoms with Crippen LogP contribution in [0.15, 0.2) is 79.4 Å². The van der Waals surface area contributed by atoms with Crippen molar-refractivity contribution < 1.29 is 23.7 Å². The van der Waals surface area contributed by atoms with Crippen molar-refractivity contribution in [3.8, 4) is 17.2 Å². The Morgan fingerprint density at radius 2 is 1.43 bits per heavy atom. The highest BCUT2D eigenvalue weighted by Gasteiger charge is 2.08. The van der Waals surface area contributed by atoms with Crippen LogP contribution in [0.5, 0.6) is 17.2 Å². The van der Waals surface area contributed by atoms with Crippen molar-refractivity contribution in [1.29, 1.82) is 0 Å². The van der Waals surface area contributed by atoms with Crippen molar-refractivity contribution in [1.82, 2.24) is 0 Å². The van der Waals surface area contributed by atoms with Gasteiger partial charge in [0.15, 0.2) is 0 Å². The highest BCUT2D eigenvalue weighted by atomic mass is 16.6. The number of fused-ring (bicyclic) bond motifs is 1. The normalized spacial score (nSPS) is 10.4. The highest BCUT2D eigenvalue weighted by Crippen LogP contribution is 2.35. The lowest BCUT2D eigenvalue weighted by Gasteiger charge is -2.13. The predicted molar refractivity (Wildman–Crippen MR) is 108 cm³/mol. The van der Waals surface area contributed by atoms with Crippen LogP contribution >= 0.6 is 0 Å². The van der Waals surface area contributed by atoms with Crippen LogP contribution in [0.1, 0.15) is 0 Å². The first-order chi connectivity index (χ1) is 13.8. The van der Waals surface area contributed by atoms with Crippen molar-refractivity contribution in [2.24, 2.45) is 0 Å². The minimum absolute atomic E-state index is 0.194. The second kappa shape index (κ2) is 10.1. The first kappa shape index (κ1) is 19.5. The lowest BCUT2D eigenvalue weighted by molar-refractivity contribution is -0.139. The molecule has 0 atom stereocenters. The standard InChI is InChI=1S/C23H22O5/c1-2-23(24)27-17-15-25-14-16-26-21-12-13-22(20-11-7-6-10-19(20)21)28-18-8-4-3-5-9-18/h2-13H,1,14-17H2. The molecule has 0 aliphatic rings. The molecule has 0 unspecified atom stereocenters. The summed E-state index contributed by atoms with van der Waals surface area (Å²) >= 11 is 0. The zero-order valence-corrected chi connectivity index (χ0v) is 15.5. The van der Waals surface area contributed by atoms with E-state index in [0.717, 1.165) is 34.1 Å². The Morgan fingerprint density at radius 3 is 2.18 bits per heavy atom. The third kappa shape index (κ3) is 5.34. The number of esters is 1. The zero-order chi connectivity index (χ0) is 19.6. The van der Waals surface area contributed by atoms with Crippen molar-refractivity contribution in [3.63, 3.8) is 0 Å². The maximum atomic E-state index is 10.9. The van der Waals surface area contributed by atoms with Crippen LogP contribution in [0.3, 0.4) is 0 Å². The van der Waals surface area contributed by atoms with E-state index in [9.17, 15) is 4.79 Å². The molecule has 5 nitrogen and oxygen atoms in total. The molecule has 0 aliphatic heterocycles. The van der Waals surface area contributed by atoms with Gasteiger partial charge in [0.25, 0.3) is 0 Å². The summed E-state index contributed by atoms with van der Waals surface area (Å²) in [5.74, 6) is 1.86. The van der Waals surface area contributed by atoms with Gasteiger partial charge in [-0.15, -0.1) is 0 Å². The van der Waals surface area contributed by atoms with Gasteiger partial charge in [-0.25, -0.2) is 4.79 Å². The molecule has 3 aromatic rings. The minimum Gasteiger partial charge on any atom is -0.491 e. The molecule has 144 valence electrons. The van der Waals surface area contributed by atoms with Gasteiger partial charge in [-0.1, -0.05) is 49.0 Å². The maximum Gasteiger partial charge on any atom is 0.330 e. The van der Waals surface area contributed by atoms with Gasteiger partial charge in [-0.05, 0) is 24.3 Å². The molecule has 0 N–H and O–H groups in total. The van der Waals surface area contributed by atoms with Gasteiger partial charge in [0.2, 0.25) is 0 Å². The van der Waals surface area contributed by atoms with Crippen LogP contribution in [-0.2, 0) is 14.3 Å². The van der Waals surface area contributed by atoms with Gasteiger partial charge in [0.05, 0.1) is 13.2 Å². The third-order valence-corrected chi connectivity index (χ3v) is 3.94. The largest absolute Gasteiger partial charge is 0.491 e. The van der Waals surface area contributed by atoms with E-state index in [0.29, 0.717) is 19.8 Å². The minimum atomic E-state index is -0.455. The van der Waals surface area contributed by atoms with Crippen molar-refractivity contribution in [2.45, 2.75) is 0 Å². The van der Waals surface area contributed by atoms with E-state index in [4.69, 9.17) is 18.9 Å². The quantitative estimate of drug-likeness (QED) is 0.289. The molecule has 0 radical (unpaired) electrons. The number of benzene rings is 3. The summed E-state index contributed by atoms with van der Waals surface area (Å²) in [6, 6.07) is 21.4. The summed E-state index contributed by atoms with van der Waals surface area (Å²) in [6.07, 6.45) is 1.12. The Balaban J connectivity index is 1.58. The number of hydrogen-bond donors (Lipinski definition) is 0. The van der Waals surface area contributed by atoms with Gasteiger partial charge >= 0.3 is 5.97 Å². The number of rotatable bonds is 10. The first-order valence-electron chi connectivity index (χ1n) is 9.02. The Labute approximate surface area is 164 Å². The average Bonchev–Trinajstić information content (AvgIpc) is 2.75. The fraction of sp³-hybridized carbons (Fsp3) is 0.174. The van der Waals surface area contributed by atoms with Crippen LogP contribution < -0.4 is 9.47 Å². The van der Waals surface area contributed by atoms with E-state index in [2.05, 4.69) is 6.58 Å². The number of carbonyl (C=O) groups excluding carboxylic acids is 1. The first-order valence-corrected chi connectivity index (χ1v) is 9.02. The predicted octanol–water partition coefficient (Wildman–Crippen LogP) is 4.76. The average molecular weight is 378 g/mol. The second-order valence-corrected chi connectivity index (χ2v) is 5.85. The van der Waals surface area contributed by atoms with Gasteiger partial charge in [-0.3, -0.25) is 0 Å². The number of ether oxygens (including phenoxy) is 4. The molecule has 0 heterocycles. The molecular weight excluding hydrogens is 356 g/mol. The van der Waals surface area contributed by atoms with Crippen molar-refractivity contribution >= 4 is 16.7 Å². The molecule has 0 saturated carbocycles. The molecule has 0 saturated heterocycles. The van der Waals surface area contributed by atoms with Gasteiger partial charge in [0.1, 0.15) is 30.5 Å². The topological polar surface area (TPSA) is 54.0 Å². The molecule has 0 bridgehead atoms. The smallest absolute Gasteiger partial charge is 0.330 e. The molecule has 0 fully saturated rings. The summed E-state index contributed by atoms with van der Waals surface area (Å²) < 4.78 is 22.1. The third-order valence-electron chi connectivity index (χ3n) is 3.94. The van der Waals surface area contributed by atoms with Crippen molar-refractivity contribution in [2.75, 3.05) is 26.4 Å². The SMILES string of the molecule is C=CC(=O)OCCOCCOc1ccc(Oc2ccccc2)c2ccccc12. The summed E-state index contributed by atoms with van der Waals surface area (Å²) in [5.41, 5.74) is 0. The van der Waals surface area contributed by atoms with Crippen LogP contribution in [0.4, 0.5) is 0 Å². The fourth-order valence-electron chi connectivity index (χ4n) is 2.65. The van der Waals surface area contributed by atoms with E-state index in [1.165, 1.54) is 0 Å². The fourth-order valence-corrected chi connectivity index (χ4v) is 2.65. The Hall–Kier alpha value is -3.31. The molecule has 5 heteroatoms. The summed E-state index contributed by atoms with van der Waals surface area (Å²) in [5, 5.41) is 1.94. The van der Waals surface area contributed by atoms with E-state index < -0.39 is 5.97 Å². The number of para-hydroxylation sites is 1. The Morgan fingerprint density at radius 1 is 0.786 bits per heavy atom. The summed E-state index contributed by atoms with van der Waals surface area (Å²) in [4.78, 5) is 10.9. The van der Waals surface area contributed by atoms with E-state index in [1.807, 2.05) is 66.7 Å². The lowest BCUT2D eigenvalue weighted by Crippen LogP contribution is -2.12. The Kier molecular flexibility index (Phi) is 7.04. The van der Waals surface area contributed by atoms with Gasteiger partial charge in [-0.2, -0.15) is 0 Å². The summed E-state index contributed by atoms with van der Waals surface area (Å²) in [6.45, 7) is 4.62. The van der Waals surface area contributed by atoms with Crippen LogP contribution in [0, 0.1) is 0 Å². The van der Waals surface area contributed by atoms with Gasteiger partial charge in [0, 0.05) is 16.8 Å². The van der Waals surface area contributed by atoms with Crippen LogP contribution in [-0.4, -0.2) is 32.4 Å². The van der Waals surface area contributed by atoms with Crippen molar-refractivity contribution in [3.05, 3.63) is 79.4 Å². The maximum absolute atomic E-state index is 10.9. The monoisotopic (exact) mass is 378 g/mol. The number of carbonyl (C=O) groups is 1. The van der Waals surface area contributed by atoms with Crippen LogP contribution in [0.2, 0.25) is 0 Å². The molecule has 3 rings (SSSR count). The zero-order valence-electron chi connectivity index (χ0n) is 15.5. The number of hydrogen-bond acceptors (Lipinski definition) is 5. The summed E-state index contributed by atoms with van der Waals surface area (Å²) in [7, 11) is 0. The van der Waals surface area contributed by atoms with Gasteiger partial charge < -0.3 is 18.9 Å². The molecular formula is C23H22O5. The van der Waals surface area contributed by atoms with E-state index >= 15 is 0 Å². The molecule has 0 amide bonds. The molecule has 0 spiro atoms. The lowest BCUT2D eigenvalue weighted by atomic mass is 10.1. The molecule has 3 aromatic carbocycles. The second-order valence-electron chi connectivity index (χ2n) is 5.85. The van der Waals surface area contributed by atoms with E-state index in [-0.39, 0.29) is 6.61 Å². The van der Waals surface area contributed by atoms with E-state index in [1.54, 1.807) is 0 Å². The highest BCUT2D eigenvalue weighted by molar-refractivity contribution is 5.93. The molecule has 28 heavy (non-hydrogen) atoms.